The van der Waals surface area contributed by atoms with Gasteiger partial charge in [-0.2, -0.15) is 0 Å². The van der Waals surface area contributed by atoms with Crippen LogP contribution in [0.3, 0.4) is 0 Å². The normalized spacial score (nSPS) is 10.6. The minimum Gasteiger partial charge on any atom is -0.481 e. The van der Waals surface area contributed by atoms with Crippen molar-refractivity contribution in [3.05, 3.63) is 39.3 Å². The number of rotatable bonds is 4. The Morgan fingerprint density at radius 3 is 2.94 bits per heavy atom. The molecule has 5 heteroatoms. The van der Waals surface area contributed by atoms with Crippen LogP contribution in [0.4, 0.5) is 0 Å². The third-order valence-corrected chi connectivity index (χ3v) is 3.98. The molecule has 0 aliphatic carbocycles. The van der Waals surface area contributed by atoms with Crippen molar-refractivity contribution in [2.24, 2.45) is 0 Å². The largest absolute Gasteiger partial charge is 0.481 e. The van der Waals surface area contributed by atoms with Crippen LogP contribution in [-0.4, -0.2) is 16.1 Å². The van der Waals surface area contributed by atoms with Crippen LogP contribution in [-0.2, 0) is 11.2 Å². The molecule has 0 amide bonds. The van der Waals surface area contributed by atoms with Crippen LogP contribution in [0.25, 0.3) is 10.6 Å². The van der Waals surface area contributed by atoms with Crippen molar-refractivity contribution in [1.29, 1.82) is 0 Å². The summed E-state index contributed by atoms with van der Waals surface area (Å²) in [6.07, 6.45) is 0.615. The molecular formula is C13H12BrNO2S. The highest BCUT2D eigenvalue weighted by atomic mass is 79.9. The van der Waals surface area contributed by atoms with Gasteiger partial charge in [0.1, 0.15) is 5.01 Å². The third kappa shape index (κ3) is 3.17. The summed E-state index contributed by atoms with van der Waals surface area (Å²) in [6.45, 7) is 2.04. The van der Waals surface area contributed by atoms with Crippen molar-refractivity contribution in [3.8, 4) is 10.6 Å². The number of carbonyl (C=O) groups is 1. The van der Waals surface area contributed by atoms with Crippen molar-refractivity contribution < 1.29 is 9.90 Å². The van der Waals surface area contributed by atoms with Crippen molar-refractivity contribution in [3.63, 3.8) is 0 Å². The van der Waals surface area contributed by atoms with E-state index in [0.29, 0.717) is 6.42 Å². The minimum atomic E-state index is -0.788. The lowest BCUT2D eigenvalue weighted by Gasteiger charge is -2.02. The quantitative estimate of drug-likeness (QED) is 0.927. The molecule has 1 N–H and O–H groups in total. The number of aryl methyl sites for hydroxylation is 2. The van der Waals surface area contributed by atoms with Crippen LogP contribution in [0.15, 0.2) is 28.1 Å². The molecule has 0 aliphatic heterocycles. The van der Waals surface area contributed by atoms with Crippen molar-refractivity contribution in [2.75, 3.05) is 0 Å². The highest BCUT2D eigenvalue weighted by Crippen LogP contribution is 2.29. The lowest BCUT2D eigenvalue weighted by Crippen LogP contribution is -1.97. The fraction of sp³-hybridized carbons (Fsp3) is 0.231. The Morgan fingerprint density at radius 2 is 2.28 bits per heavy atom. The fourth-order valence-corrected chi connectivity index (χ4v) is 3.07. The average molecular weight is 326 g/mol. The molecule has 2 aromatic rings. The summed E-state index contributed by atoms with van der Waals surface area (Å²) in [5.74, 6) is -0.788. The molecule has 18 heavy (non-hydrogen) atoms. The van der Waals surface area contributed by atoms with Crippen LogP contribution < -0.4 is 0 Å². The van der Waals surface area contributed by atoms with Crippen molar-refractivity contribution in [2.45, 2.75) is 19.8 Å². The predicted molar refractivity (Wildman–Crippen MR) is 75.9 cm³/mol. The van der Waals surface area contributed by atoms with Crippen LogP contribution in [0.2, 0.25) is 0 Å². The SMILES string of the molecule is Cc1cc(Br)ccc1-c1nc(CCC(=O)O)cs1. The summed E-state index contributed by atoms with van der Waals surface area (Å²) >= 11 is 4.99. The monoisotopic (exact) mass is 325 g/mol. The standard InChI is InChI=1S/C13H12BrNO2S/c1-8-6-9(14)2-4-11(8)13-15-10(7-18-13)3-5-12(16)17/h2,4,6-7H,3,5H2,1H3,(H,16,17). The first-order valence-corrected chi connectivity index (χ1v) is 7.16. The van der Waals surface area contributed by atoms with E-state index >= 15 is 0 Å². The number of aromatic nitrogens is 1. The van der Waals surface area contributed by atoms with Gasteiger partial charge in [0.2, 0.25) is 0 Å². The number of benzene rings is 1. The van der Waals surface area contributed by atoms with Gasteiger partial charge in [0, 0.05) is 21.8 Å². The average Bonchev–Trinajstić information content (AvgIpc) is 2.75. The van der Waals surface area contributed by atoms with E-state index in [0.717, 1.165) is 26.3 Å². The Hall–Kier alpha value is -1.20. The molecule has 0 unspecified atom stereocenters. The molecule has 2 rings (SSSR count). The summed E-state index contributed by atoms with van der Waals surface area (Å²) in [5.41, 5.74) is 3.10. The van der Waals surface area contributed by atoms with Gasteiger partial charge >= 0.3 is 5.97 Å². The van der Waals surface area contributed by atoms with Crippen LogP contribution >= 0.6 is 27.3 Å². The number of aliphatic carboxylic acids is 1. The second-order valence-electron chi connectivity index (χ2n) is 4.00. The molecule has 0 saturated heterocycles. The summed E-state index contributed by atoms with van der Waals surface area (Å²) in [5, 5.41) is 11.5. The molecule has 0 aliphatic rings. The number of halogens is 1. The third-order valence-electron chi connectivity index (χ3n) is 2.57. The summed E-state index contributed by atoms with van der Waals surface area (Å²) in [6, 6.07) is 6.06. The molecule has 1 heterocycles. The zero-order chi connectivity index (χ0) is 13.1. The van der Waals surface area contributed by atoms with Crippen molar-refractivity contribution in [1.82, 2.24) is 4.98 Å². The van der Waals surface area contributed by atoms with Crippen LogP contribution in [0, 0.1) is 6.92 Å². The fourth-order valence-electron chi connectivity index (χ4n) is 1.65. The first-order valence-electron chi connectivity index (χ1n) is 5.49. The van der Waals surface area contributed by atoms with E-state index in [1.165, 1.54) is 0 Å². The molecule has 3 nitrogen and oxygen atoms in total. The van der Waals surface area contributed by atoms with Crippen molar-refractivity contribution >= 4 is 33.2 Å². The van der Waals surface area contributed by atoms with E-state index in [4.69, 9.17) is 5.11 Å². The molecular weight excluding hydrogens is 314 g/mol. The Morgan fingerprint density at radius 1 is 1.50 bits per heavy atom. The molecule has 0 atom stereocenters. The van der Waals surface area contributed by atoms with Gasteiger partial charge in [0.25, 0.3) is 0 Å². The van der Waals surface area contributed by atoms with Gasteiger partial charge in [-0.1, -0.05) is 22.0 Å². The Bertz CT molecular complexity index is 580. The molecule has 0 fully saturated rings. The minimum absolute atomic E-state index is 0.127. The summed E-state index contributed by atoms with van der Waals surface area (Å²) in [4.78, 5) is 15.0. The van der Waals surface area contributed by atoms with E-state index in [2.05, 4.69) is 20.9 Å². The molecule has 1 aromatic heterocycles. The smallest absolute Gasteiger partial charge is 0.303 e. The molecule has 0 radical (unpaired) electrons. The molecule has 0 saturated carbocycles. The molecule has 1 aromatic carbocycles. The Labute approximate surface area is 118 Å². The topological polar surface area (TPSA) is 50.2 Å². The van der Waals surface area contributed by atoms with E-state index in [-0.39, 0.29) is 6.42 Å². The summed E-state index contributed by atoms with van der Waals surface area (Å²) in [7, 11) is 0. The van der Waals surface area contributed by atoms with Gasteiger partial charge in [-0.15, -0.1) is 11.3 Å². The first-order chi connectivity index (χ1) is 8.56. The van der Waals surface area contributed by atoms with E-state index < -0.39 is 5.97 Å². The van der Waals surface area contributed by atoms with Gasteiger partial charge in [-0.25, -0.2) is 4.98 Å². The van der Waals surface area contributed by atoms with Crippen LogP contribution in [0.5, 0.6) is 0 Å². The summed E-state index contributed by atoms with van der Waals surface area (Å²) < 4.78 is 1.05. The maximum atomic E-state index is 10.5. The van der Waals surface area contributed by atoms with Gasteiger partial charge in [0.15, 0.2) is 0 Å². The lowest BCUT2D eigenvalue weighted by molar-refractivity contribution is -0.136. The van der Waals surface area contributed by atoms with Crippen LogP contribution in [0.1, 0.15) is 17.7 Å². The Kier molecular flexibility index (Phi) is 4.14. The highest BCUT2D eigenvalue weighted by molar-refractivity contribution is 9.10. The maximum absolute atomic E-state index is 10.5. The predicted octanol–water partition coefficient (Wildman–Crippen LogP) is 3.90. The zero-order valence-corrected chi connectivity index (χ0v) is 12.2. The zero-order valence-electron chi connectivity index (χ0n) is 9.81. The van der Waals surface area contributed by atoms with Gasteiger partial charge in [-0.05, 0) is 24.6 Å². The number of thiazole rings is 1. The van der Waals surface area contributed by atoms with E-state index in [9.17, 15) is 4.79 Å². The molecule has 0 spiro atoms. The number of carboxylic acids is 1. The van der Waals surface area contributed by atoms with Gasteiger partial charge in [-0.3, -0.25) is 4.79 Å². The second-order valence-corrected chi connectivity index (χ2v) is 5.77. The number of nitrogens with zero attached hydrogens (tertiary/aromatic N) is 1. The van der Waals surface area contributed by atoms with Gasteiger partial charge in [0.05, 0.1) is 12.1 Å². The molecule has 94 valence electrons. The highest BCUT2D eigenvalue weighted by Gasteiger charge is 2.08. The molecule has 0 bridgehead atoms. The van der Waals surface area contributed by atoms with E-state index in [1.807, 2.05) is 30.5 Å². The number of carboxylic acid groups (broad SMARTS) is 1. The Balaban J connectivity index is 2.21. The first kappa shape index (κ1) is 13.2. The number of hydrogen-bond donors (Lipinski definition) is 1. The van der Waals surface area contributed by atoms with Gasteiger partial charge < -0.3 is 5.11 Å². The number of hydrogen-bond acceptors (Lipinski definition) is 3. The lowest BCUT2D eigenvalue weighted by atomic mass is 10.1. The second kappa shape index (κ2) is 5.63. The van der Waals surface area contributed by atoms with E-state index in [1.54, 1.807) is 11.3 Å². The maximum Gasteiger partial charge on any atom is 0.303 e.